The predicted octanol–water partition coefficient (Wildman–Crippen LogP) is 3.05. The molecule has 0 aromatic carbocycles. The van der Waals surface area contributed by atoms with Crippen LogP contribution in [0.4, 0.5) is 0 Å². The highest BCUT2D eigenvalue weighted by molar-refractivity contribution is 5.79. The van der Waals surface area contributed by atoms with E-state index in [4.69, 9.17) is 9.47 Å². The number of likely N-dealkylation sites (N-methyl/N-ethyl adjacent to an activating group) is 1. The Hall–Kier alpha value is -1.60. The first-order valence-electron chi connectivity index (χ1n) is 11.7. The molecular formula is C24H45N3O4. The van der Waals surface area contributed by atoms with Crippen molar-refractivity contribution in [2.75, 3.05) is 34.4 Å². The highest BCUT2D eigenvalue weighted by Crippen LogP contribution is 2.28. The van der Waals surface area contributed by atoms with Crippen LogP contribution in [0, 0.1) is 11.8 Å². The van der Waals surface area contributed by atoms with E-state index in [0.717, 1.165) is 32.2 Å². The Balaban J connectivity index is 3.00. The number of carbonyl (C=O) groups is 2. The van der Waals surface area contributed by atoms with Crippen molar-refractivity contribution in [3.63, 3.8) is 0 Å². The van der Waals surface area contributed by atoms with Crippen molar-refractivity contribution in [2.24, 2.45) is 11.8 Å². The minimum absolute atomic E-state index is 0.0255. The Bertz CT molecular complexity index is 569. The van der Waals surface area contributed by atoms with Gasteiger partial charge in [-0.25, -0.2) is 0 Å². The first-order chi connectivity index (χ1) is 14.7. The standard InChI is InChI=1S/C24H45N3O4/c1-9-18(5)14-20(26(6)23(29)16-25-10-2)21(30-7)15-22(28)27-13-11-12-19(27)24(31-8)17(3)4/h10,17-21,24-25H,2,9,11-16H2,1,3-8H3. The lowest BCUT2D eigenvalue weighted by atomic mass is 9.92. The molecule has 0 aromatic rings. The molecule has 1 saturated heterocycles. The van der Waals surface area contributed by atoms with Gasteiger partial charge in [0.1, 0.15) is 0 Å². The molecule has 31 heavy (non-hydrogen) atoms. The van der Waals surface area contributed by atoms with E-state index in [1.54, 1.807) is 26.2 Å². The quantitative estimate of drug-likeness (QED) is 0.450. The first kappa shape index (κ1) is 27.4. The predicted molar refractivity (Wildman–Crippen MR) is 125 cm³/mol. The highest BCUT2D eigenvalue weighted by atomic mass is 16.5. The number of hydrogen-bond donors (Lipinski definition) is 1. The molecule has 0 bridgehead atoms. The van der Waals surface area contributed by atoms with E-state index in [9.17, 15) is 9.59 Å². The van der Waals surface area contributed by atoms with Gasteiger partial charge in [0.25, 0.3) is 0 Å². The maximum atomic E-state index is 13.4. The van der Waals surface area contributed by atoms with E-state index >= 15 is 0 Å². The highest BCUT2D eigenvalue weighted by Gasteiger charge is 2.38. The van der Waals surface area contributed by atoms with Crippen molar-refractivity contribution in [2.45, 2.75) is 84.1 Å². The van der Waals surface area contributed by atoms with Crippen molar-refractivity contribution < 1.29 is 19.1 Å². The maximum Gasteiger partial charge on any atom is 0.241 e. The number of ether oxygens (including phenoxy) is 2. The first-order valence-corrected chi connectivity index (χ1v) is 11.7. The van der Waals surface area contributed by atoms with Gasteiger partial charge in [-0.2, -0.15) is 0 Å². The molecule has 7 nitrogen and oxygen atoms in total. The summed E-state index contributed by atoms with van der Waals surface area (Å²) in [6.07, 6.45) is 5.18. The molecule has 7 heteroatoms. The van der Waals surface area contributed by atoms with Gasteiger partial charge in [-0.3, -0.25) is 9.59 Å². The second kappa shape index (κ2) is 13.7. The number of nitrogens with zero attached hydrogens (tertiary/aromatic N) is 2. The zero-order chi connectivity index (χ0) is 23.6. The summed E-state index contributed by atoms with van der Waals surface area (Å²) in [4.78, 5) is 29.7. The molecule has 0 saturated carbocycles. The number of methoxy groups -OCH3 is 2. The van der Waals surface area contributed by atoms with Crippen molar-refractivity contribution in [1.29, 1.82) is 0 Å². The lowest BCUT2D eigenvalue weighted by molar-refractivity contribution is -0.143. The molecule has 1 N–H and O–H groups in total. The second-order valence-electron chi connectivity index (χ2n) is 9.13. The third-order valence-electron chi connectivity index (χ3n) is 6.67. The average molecular weight is 440 g/mol. The van der Waals surface area contributed by atoms with Gasteiger partial charge in [0, 0.05) is 27.8 Å². The fourth-order valence-corrected chi connectivity index (χ4v) is 4.59. The van der Waals surface area contributed by atoms with E-state index in [1.807, 2.05) is 4.90 Å². The van der Waals surface area contributed by atoms with E-state index < -0.39 is 0 Å². The number of nitrogens with one attached hydrogen (secondary N) is 1. The van der Waals surface area contributed by atoms with Crippen LogP contribution in [0.1, 0.15) is 59.8 Å². The Morgan fingerprint density at radius 3 is 2.45 bits per heavy atom. The third-order valence-corrected chi connectivity index (χ3v) is 6.67. The molecular weight excluding hydrogens is 394 g/mol. The molecule has 180 valence electrons. The van der Waals surface area contributed by atoms with Crippen molar-refractivity contribution >= 4 is 11.8 Å². The Morgan fingerprint density at radius 2 is 1.94 bits per heavy atom. The van der Waals surface area contributed by atoms with Crippen LogP contribution in [0.5, 0.6) is 0 Å². The Morgan fingerprint density at radius 1 is 1.26 bits per heavy atom. The second-order valence-corrected chi connectivity index (χ2v) is 9.13. The van der Waals surface area contributed by atoms with Crippen LogP contribution in [-0.2, 0) is 19.1 Å². The number of rotatable bonds is 14. The van der Waals surface area contributed by atoms with E-state index in [2.05, 4.69) is 39.6 Å². The van der Waals surface area contributed by atoms with Crippen molar-refractivity contribution in [1.82, 2.24) is 15.1 Å². The van der Waals surface area contributed by atoms with E-state index in [1.165, 1.54) is 6.20 Å². The Kier molecular flexibility index (Phi) is 12.2. The van der Waals surface area contributed by atoms with Crippen molar-refractivity contribution in [3.05, 3.63) is 12.8 Å². The smallest absolute Gasteiger partial charge is 0.241 e. The number of likely N-dealkylation sites (tertiary alicyclic amines) is 1. The summed E-state index contributed by atoms with van der Waals surface area (Å²) in [5.74, 6) is 0.789. The SMILES string of the molecule is C=CNCC(=O)N(C)C(CC(C)CC)C(CC(=O)N1CCCC1C(OC)C(C)C)OC. The molecule has 1 aliphatic rings. The van der Waals surface area contributed by atoms with E-state index in [0.29, 0.717) is 11.8 Å². The average Bonchev–Trinajstić information content (AvgIpc) is 3.23. The van der Waals surface area contributed by atoms with Gasteiger partial charge in [-0.15, -0.1) is 0 Å². The number of amides is 2. The summed E-state index contributed by atoms with van der Waals surface area (Å²) in [5.41, 5.74) is 0. The normalized spacial score (nSPS) is 20.3. The molecule has 0 spiro atoms. The van der Waals surface area contributed by atoms with Gasteiger partial charge >= 0.3 is 0 Å². The molecule has 0 aromatic heterocycles. The molecule has 1 heterocycles. The summed E-state index contributed by atoms with van der Waals surface area (Å²) in [5, 5.41) is 2.87. The molecule has 2 amide bonds. The fraction of sp³-hybridized carbons (Fsp3) is 0.833. The molecule has 1 aliphatic heterocycles. The van der Waals surface area contributed by atoms with Gasteiger partial charge < -0.3 is 24.6 Å². The van der Waals surface area contributed by atoms with Crippen LogP contribution >= 0.6 is 0 Å². The lowest BCUT2D eigenvalue weighted by Gasteiger charge is -2.37. The molecule has 0 radical (unpaired) electrons. The fourth-order valence-electron chi connectivity index (χ4n) is 4.59. The summed E-state index contributed by atoms with van der Waals surface area (Å²) < 4.78 is 11.6. The van der Waals surface area contributed by atoms with Crippen molar-refractivity contribution in [3.8, 4) is 0 Å². The summed E-state index contributed by atoms with van der Waals surface area (Å²) in [7, 11) is 5.16. The Labute approximate surface area is 189 Å². The zero-order valence-electron chi connectivity index (χ0n) is 20.7. The summed E-state index contributed by atoms with van der Waals surface area (Å²) in [6.45, 7) is 13.1. The lowest BCUT2D eigenvalue weighted by Crippen LogP contribution is -2.51. The van der Waals surface area contributed by atoms with Gasteiger partial charge in [-0.05, 0) is 37.3 Å². The van der Waals surface area contributed by atoms with Crippen LogP contribution in [-0.4, -0.2) is 80.3 Å². The molecule has 5 unspecified atom stereocenters. The zero-order valence-corrected chi connectivity index (χ0v) is 20.7. The summed E-state index contributed by atoms with van der Waals surface area (Å²) >= 11 is 0. The largest absolute Gasteiger partial charge is 0.383 e. The number of carbonyl (C=O) groups excluding carboxylic acids is 2. The van der Waals surface area contributed by atoms with Crippen LogP contribution in [0.25, 0.3) is 0 Å². The topological polar surface area (TPSA) is 71.1 Å². The minimum Gasteiger partial charge on any atom is -0.383 e. The maximum absolute atomic E-state index is 13.4. The van der Waals surface area contributed by atoms with Crippen LogP contribution < -0.4 is 5.32 Å². The molecule has 0 aliphatic carbocycles. The molecule has 5 atom stereocenters. The van der Waals surface area contributed by atoms with Gasteiger partial charge in [-0.1, -0.05) is 40.7 Å². The molecule has 1 fully saturated rings. The van der Waals surface area contributed by atoms with Gasteiger partial charge in [0.15, 0.2) is 0 Å². The summed E-state index contributed by atoms with van der Waals surface area (Å²) in [6, 6.07) is -0.0773. The molecule has 1 rings (SSSR count). The van der Waals surface area contributed by atoms with Crippen LogP contribution in [0.3, 0.4) is 0 Å². The van der Waals surface area contributed by atoms with E-state index in [-0.39, 0.29) is 49.1 Å². The number of hydrogen-bond acceptors (Lipinski definition) is 5. The van der Waals surface area contributed by atoms with Crippen LogP contribution in [0.2, 0.25) is 0 Å². The third kappa shape index (κ3) is 7.79. The van der Waals surface area contributed by atoms with Gasteiger partial charge in [0.2, 0.25) is 11.8 Å². The monoisotopic (exact) mass is 439 g/mol. The van der Waals surface area contributed by atoms with Gasteiger partial charge in [0.05, 0.1) is 37.3 Å². The van der Waals surface area contributed by atoms with Crippen LogP contribution in [0.15, 0.2) is 12.8 Å². The minimum atomic E-state index is -0.361.